The van der Waals surface area contributed by atoms with Crippen LogP contribution in [0.4, 0.5) is 0 Å². The van der Waals surface area contributed by atoms with E-state index in [1.165, 1.54) is 0 Å². The first kappa shape index (κ1) is 20.9. The fraction of sp³-hybridized carbons (Fsp3) is 0.938. The lowest BCUT2D eigenvalue weighted by atomic mass is 9.96. The third-order valence-electron chi connectivity index (χ3n) is 3.18. The summed E-state index contributed by atoms with van der Waals surface area (Å²) in [4.78, 5) is 13.9. The van der Waals surface area contributed by atoms with Crippen molar-refractivity contribution in [2.75, 3.05) is 13.1 Å². The maximum Gasteiger partial charge on any atom is 0.146 e. The summed E-state index contributed by atoms with van der Waals surface area (Å²) in [6, 6.07) is 0.463. The number of hydrogen-bond donors (Lipinski definition) is 1. The number of piperidine rings is 1. The van der Waals surface area contributed by atoms with Crippen LogP contribution in [0.2, 0.25) is 0 Å². The summed E-state index contributed by atoms with van der Waals surface area (Å²) < 4.78 is 0. The maximum absolute atomic E-state index is 11.6. The van der Waals surface area contributed by atoms with Crippen molar-refractivity contribution in [3.8, 4) is 0 Å². The predicted octanol–water partition coefficient (Wildman–Crippen LogP) is 3.47. The van der Waals surface area contributed by atoms with Gasteiger partial charge in [-0.15, -0.1) is 0 Å². The molecule has 19 heavy (non-hydrogen) atoms. The molecule has 3 heteroatoms. The molecule has 1 heterocycles. The molecule has 0 aromatic heterocycles. The zero-order valence-corrected chi connectivity index (χ0v) is 14.2. The fourth-order valence-corrected chi connectivity index (χ4v) is 2.25. The van der Waals surface area contributed by atoms with Crippen molar-refractivity contribution in [1.29, 1.82) is 0 Å². The van der Waals surface area contributed by atoms with E-state index in [0.29, 0.717) is 17.7 Å². The minimum atomic E-state index is 0.123. The number of carbonyl (C=O) groups is 1. The lowest BCUT2D eigenvalue weighted by Gasteiger charge is -2.36. The highest BCUT2D eigenvalue weighted by Crippen LogP contribution is 2.17. The highest BCUT2D eigenvalue weighted by atomic mass is 16.1. The monoisotopic (exact) mass is 272 g/mol. The van der Waals surface area contributed by atoms with E-state index in [1.807, 2.05) is 27.7 Å². The minimum absolute atomic E-state index is 0.123. The lowest BCUT2D eigenvalue weighted by Crippen LogP contribution is -2.48. The van der Waals surface area contributed by atoms with Gasteiger partial charge in [0.15, 0.2) is 0 Å². The zero-order valence-electron chi connectivity index (χ0n) is 14.2. The summed E-state index contributed by atoms with van der Waals surface area (Å²) >= 11 is 0. The van der Waals surface area contributed by atoms with Crippen molar-refractivity contribution in [3.63, 3.8) is 0 Å². The minimum Gasteiger partial charge on any atom is -0.328 e. The van der Waals surface area contributed by atoms with E-state index < -0.39 is 0 Å². The first-order valence-corrected chi connectivity index (χ1v) is 8.00. The smallest absolute Gasteiger partial charge is 0.146 e. The van der Waals surface area contributed by atoms with Crippen LogP contribution in [0.5, 0.6) is 0 Å². The van der Waals surface area contributed by atoms with Crippen molar-refractivity contribution in [2.45, 2.75) is 79.8 Å². The van der Waals surface area contributed by atoms with Gasteiger partial charge in [-0.05, 0) is 32.1 Å². The number of nitrogens with two attached hydrogens (primary N) is 1. The summed E-state index contributed by atoms with van der Waals surface area (Å²) in [5.74, 6) is 0.883. The van der Waals surface area contributed by atoms with Crippen LogP contribution >= 0.6 is 0 Å². The molecular formula is C16H36N2O. The van der Waals surface area contributed by atoms with Gasteiger partial charge in [0.1, 0.15) is 5.78 Å². The normalized spacial score (nSPS) is 17.9. The van der Waals surface area contributed by atoms with E-state index in [4.69, 9.17) is 5.73 Å². The Morgan fingerprint density at radius 2 is 1.58 bits per heavy atom. The molecule has 3 nitrogen and oxygen atoms in total. The van der Waals surface area contributed by atoms with Crippen LogP contribution in [0.15, 0.2) is 0 Å². The van der Waals surface area contributed by atoms with Gasteiger partial charge in [-0.25, -0.2) is 0 Å². The van der Waals surface area contributed by atoms with Crippen LogP contribution in [-0.2, 0) is 4.79 Å². The SMILES string of the molecule is CC.CC.CC(=O)C(CC(C)C)N1CCC(N)CC1. The van der Waals surface area contributed by atoms with Crippen molar-refractivity contribution < 1.29 is 4.79 Å². The molecule has 116 valence electrons. The molecule has 1 aliphatic heterocycles. The third kappa shape index (κ3) is 9.17. The molecular weight excluding hydrogens is 236 g/mol. The molecule has 2 N–H and O–H groups in total. The summed E-state index contributed by atoms with van der Waals surface area (Å²) in [5, 5.41) is 0. The first-order valence-electron chi connectivity index (χ1n) is 8.00. The molecule has 0 aliphatic carbocycles. The van der Waals surface area contributed by atoms with Gasteiger partial charge in [-0.1, -0.05) is 41.5 Å². The van der Waals surface area contributed by atoms with Crippen LogP contribution in [0, 0.1) is 5.92 Å². The van der Waals surface area contributed by atoms with Crippen LogP contribution in [0.3, 0.4) is 0 Å². The number of carbonyl (C=O) groups excluding carboxylic acids is 1. The molecule has 0 aromatic carbocycles. The third-order valence-corrected chi connectivity index (χ3v) is 3.18. The number of likely N-dealkylation sites (tertiary alicyclic amines) is 1. The molecule has 1 fully saturated rings. The van der Waals surface area contributed by atoms with E-state index in [9.17, 15) is 4.79 Å². The van der Waals surface area contributed by atoms with Gasteiger partial charge < -0.3 is 5.73 Å². The van der Waals surface area contributed by atoms with Crippen molar-refractivity contribution in [1.82, 2.24) is 4.90 Å². The van der Waals surface area contributed by atoms with E-state index in [-0.39, 0.29) is 6.04 Å². The van der Waals surface area contributed by atoms with Gasteiger partial charge >= 0.3 is 0 Å². The molecule has 1 saturated heterocycles. The number of rotatable bonds is 4. The van der Waals surface area contributed by atoms with Gasteiger partial charge in [0.05, 0.1) is 6.04 Å². The van der Waals surface area contributed by atoms with Gasteiger partial charge in [0.2, 0.25) is 0 Å². The summed E-state index contributed by atoms with van der Waals surface area (Å²) in [5.41, 5.74) is 5.86. The maximum atomic E-state index is 11.6. The van der Waals surface area contributed by atoms with Crippen LogP contribution in [0.1, 0.15) is 67.7 Å². The second-order valence-corrected chi connectivity index (χ2v) is 5.13. The van der Waals surface area contributed by atoms with Crippen LogP contribution in [0.25, 0.3) is 0 Å². The van der Waals surface area contributed by atoms with Crippen molar-refractivity contribution >= 4 is 5.78 Å². The Morgan fingerprint density at radius 3 is 1.89 bits per heavy atom. The molecule has 1 rings (SSSR count). The number of Topliss-reactive ketones (excluding diaryl/α,β-unsaturated/α-hetero) is 1. The summed E-state index contributed by atoms with van der Waals surface area (Å²) in [7, 11) is 0. The second-order valence-electron chi connectivity index (χ2n) is 5.13. The standard InChI is InChI=1S/C12H24N2O.2C2H6/c1-9(2)8-12(10(3)15)14-6-4-11(13)5-7-14;2*1-2/h9,11-12H,4-8,13H2,1-3H3;2*1-2H3. The van der Waals surface area contributed by atoms with Gasteiger partial charge in [-0.2, -0.15) is 0 Å². The molecule has 0 bridgehead atoms. The van der Waals surface area contributed by atoms with E-state index >= 15 is 0 Å². The summed E-state index contributed by atoms with van der Waals surface area (Å²) in [6.45, 7) is 16.0. The largest absolute Gasteiger partial charge is 0.328 e. The second kappa shape index (κ2) is 12.6. The molecule has 0 saturated carbocycles. The Hall–Kier alpha value is -0.410. The van der Waals surface area contributed by atoms with E-state index in [2.05, 4.69) is 18.7 Å². The number of nitrogens with zero attached hydrogens (tertiary/aromatic N) is 1. The van der Waals surface area contributed by atoms with Crippen molar-refractivity contribution in [3.05, 3.63) is 0 Å². The Morgan fingerprint density at radius 1 is 1.16 bits per heavy atom. The topological polar surface area (TPSA) is 46.3 Å². The Bertz CT molecular complexity index is 209. The lowest BCUT2D eigenvalue weighted by molar-refractivity contribution is -0.123. The summed E-state index contributed by atoms with van der Waals surface area (Å²) in [6.07, 6.45) is 3.04. The molecule has 0 spiro atoms. The highest BCUT2D eigenvalue weighted by molar-refractivity contribution is 5.81. The highest BCUT2D eigenvalue weighted by Gasteiger charge is 2.26. The molecule has 1 unspecified atom stereocenters. The van der Waals surface area contributed by atoms with Gasteiger partial charge in [0, 0.05) is 19.1 Å². The Labute approximate surface area is 120 Å². The molecule has 0 radical (unpaired) electrons. The van der Waals surface area contributed by atoms with E-state index in [0.717, 1.165) is 32.4 Å². The predicted molar refractivity (Wildman–Crippen MR) is 85.4 cm³/mol. The van der Waals surface area contributed by atoms with Gasteiger partial charge in [-0.3, -0.25) is 9.69 Å². The zero-order chi connectivity index (χ0) is 15.4. The first-order chi connectivity index (χ1) is 9.00. The van der Waals surface area contributed by atoms with Crippen LogP contribution < -0.4 is 5.73 Å². The molecule has 0 aromatic rings. The molecule has 0 amide bonds. The number of ketones is 1. The van der Waals surface area contributed by atoms with Crippen LogP contribution in [-0.4, -0.2) is 35.9 Å². The molecule has 1 aliphatic rings. The fourth-order valence-electron chi connectivity index (χ4n) is 2.25. The van der Waals surface area contributed by atoms with Gasteiger partial charge in [0.25, 0.3) is 0 Å². The molecule has 1 atom stereocenters. The Kier molecular flexibility index (Phi) is 13.9. The average Bonchev–Trinajstić information content (AvgIpc) is 2.41. The van der Waals surface area contributed by atoms with Crippen molar-refractivity contribution in [2.24, 2.45) is 11.7 Å². The average molecular weight is 272 g/mol. The Balaban J connectivity index is 0. The number of hydrogen-bond acceptors (Lipinski definition) is 3. The quantitative estimate of drug-likeness (QED) is 0.852. The van der Waals surface area contributed by atoms with E-state index in [1.54, 1.807) is 6.92 Å².